The van der Waals surface area contributed by atoms with Gasteiger partial charge in [-0.25, -0.2) is 14.8 Å². The molecule has 1 rings (SSSR count). The number of rotatable bonds is 1. The van der Waals surface area contributed by atoms with Crippen LogP contribution in [0.15, 0.2) is 24.3 Å². The molecule has 1 aromatic rings. The van der Waals surface area contributed by atoms with Gasteiger partial charge in [-0.3, -0.25) is 0 Å². The summed E-state index contributed by atoms with van der Waals surface area (Å²) < 4.78 is 13.2. The van der Waals surface area contributed by atoms with E-state index in [2.05, 4.69) is 0 Å². The molecule has 4 heteroatoms. The van der Waals surface area contributed by atoms with Crippen molar-refractivity contribution >= 4 is 17.5 Å². The molecule has 0 aliphatic rings. The fraction of sp³-hybridized carbons (Fsp3) is 0. The summed E-state index contributed by atoms with van der Waals surface area (Å²) in [6.07, 6.45) is 0. The van der Waals surface area contributed by atoms with Gasteiger partial charge in [-0.1, -0.05) is 6.07 Å². The van der Waals surface area contributed by atoms with Crippen molar-refractivity contribution in [2.75, 3.05) is 4.53 Å². The Morgan fingerprint density at radius 2 is 2.20 bits per heavy atom. The van der Waals surface area contributed by atoms with Crippen molar-refractivity contribution in [3.8, 4) is 0 Å². The maximum Gasteiger partial charge on any atom is 0.125 e. The van der Waals surface area contributed by atoms with Crippen molar-refractivity contribution < 1.29 is 4.39 Å². The first-order valence-corrected chi connectivity index (χ1v) is 3.00. The Labute approximate surface area is 63.1 Å². The van der Waals surface area contributed by atoms with Gasteiger partial charge in [-0.2, -0.15) is 0 Å². The van der Waals surface area contributed by atoms with Crippen LogP contribution in [0.3, 0.4) is 0 Å². The first-order valence-electron chi connectivity index (χ1n) is 2.66. The first-order chi connectivity index (χ1) is 4.70. The molecule has 54 valence electrons. The second kappa shape index (κ2) is 2.86. The molecular weight excluding hydrogens is 155 g/mol. The first kappa shape index (κ1) is 7.31. The molecule has 0 amide bonds. The third kappa shape index (κ3) is 1.59. The summed E-state index contributed by atoms with van der Waals surface area (Å²) in [6, 6.07) is 5.71. The van der Waals surface area contributed by atoms with E-state index in [1.54, 1.807) is 6.07 Å². The fourth-order valence-corrected chi connectivity index (χ4v) is 0.714. The zero-order valence-corrected chi connectivity index (χ0v) is 5.85. The van der Waals surface area contributed by atoms with Gasteiger partial charge in [0.1, 0.15) is 5.82 Å². The highest BCUT2D eigenvalue weighted by Gasteiger charge is 1.96. The van der Waals surface area contributed by atoms with Gasteiger partial charge >= 0.3 is 0 Å². The third-order valence-corrected chi connectivity index (χ3v) is 1.25. The van der Waals surface area contributed by atoms with Crippen LogP contribution in [0.1, 0.15) is 0 Å². The number of anilines is 1. The smallest absolute Gasteiger partial charge is 0.125 e. The van der Waals surface area contributed by atoms with E-state index in [0.29, 0.717) is 5.69 Å². The lowest BCUT2D eigenvalue weighted by molar-refractivity contribution is 0.628. The topological polar surface area (TPSA) is 29.3 Å². The van der Waals surface area contributed by atoms with E-state index in [-0.39, 0.29) is 5.82 Å². The maximum absolute atomic E-state index is 12.4. The second-order valence-corrected chi connectivity index (χ2v) is 2.16. The van der Waals surface area contributed by atoms with E-state index in [9.17, 15) is 4.39 Å². The van der Waals surface area contributed by atoms with Gasteiger partial charge in [-0.05, 0) is 12.1 Å². The predicted octanol–water partition coefficient (Wildman–Crippen LogP) is 1.66. The van der Waals surface area contributed by atoms with Crippen molar-refractivity contribution in [3.05, 3.63) is 30.1 Å². The van der Waals surface area contributed by atoms with E-state index in [1.807, 2.05) is 0 Å². The normalized spacial score (nSPS) is 9.50. The molecule has 10 heavy (non-hydrogen) atoms. The number of nitrogens with zero attached hydrogens (tertiary/aromatic N) is 1. The Balaban J connectivity index is 2.96. The molecule has 1 aromatic carbocycles. The molecule has 0 unspecified atom stereocenters. The van der Waals surface area contributed by atoms with E-state index in [0.717, 1.165) is 4.53 Å². The molecule has 0 atom stereocenters. The number of benzene rings is 1. The largest absolute Gasteiger partial charge is 0.232 e. The van der Waals surface area contributed by atoms with Gasteiger partial charge in [0.2, 0.25) is 0 Å². The van der Waals surface area contributed by atoms with Crippen LogP contribution in [-0.4, -0.2) is 0 Å². The summed E-state index contributed by atoms with van der Waals surface area (Å²) >= 11 is 5.32. The van der Waals surface area contributed by atoms with Crippen LogP contribution in [0.5, 0.6) is 0 Å². The average molecular weight is 161 g/mol. The highest BCUT2D eigenvalue weighted by Crippen LogP contribution is 2.13. The Morgan fingerprint density at radius 3 is 2.60 bits per heavy atom. The molecule has 0 bridgehead atoms. The minimum absolute atomic E-state index is 0.353. The van der Waals surface area contributed by atoms with E-state index in [1.165, 1.54) is 18.2 Å². The van der Waals surface area contributed by atoms with Gasteiger partial charge in [0.15, 0.2) is 0 Å². The van der Waals surface area contributed by atoms with Crippen molar-refractivity contribution in [1.29, 1.82) is 0 Å². The zero-order valence-electron chi connectivity index (χ0n) is 5.09. The third-order valence-electron chi connectivity index (χ3n) is 1.05. The molecule has 0 saturated carbocycles. The van der Waals surface area contributed by atoms with Crippen molar-refractivity contribution in [2.24, 2.45) is 5.84 Å². The second-order valence-electron chi connectivity index (χ2n) is 1.79. The molecule has 2 nitrogen and oxygen atoms in total. The molecule has 0 radical (unpaired) electrons. The minimum atomic E-state index is -0.353. The van der Waals surface area contributed by atoms with Crippen molar-refractivity contribution in [1.82, 2.24) is 0 Å². The molecule has 2 N–H and O–H groups in total. The van der Waals surface area contributed by atoms with Gasteiger partial charge in [0, 0.05) is 17.8 Å². The summed E-state index contributed by atoms with van der Waals surface area (Å²) in [7, 11) is 0. The van der Waals surface area contributed by atoms with Crippen molar-refractivity contribution in [3.63, 3.8) is 0 Å². The van der Waals surface area contributed by atoms with Gasteiger partial charge in [0.05, 0.1) is 5.69 Å². The minimum Gasteiger partial charge on any atom is -0.232 e. The Kier molecular flexibility index (Phi) is 2.09. The number of halogens is 2. The number of hydrazine groups is 1. The van der Waals surface area contributed by atoms with Crippen LogP contribution >= 0.6 is 11.8 Å². The van der Waals surface area contributed by atoms with E-state index < -0.39 is 0 Å². The standard InChI is InChI=1S/C6H6ClFN2/c7-10(9)6-3-1-2-5(8)4-6/h1-4H,9H2. The van der Waals surface area contributed by atoms with Gasteiger partial charge in [-0.15, -0.1) is 0 Å². The Morgan fingerprint density at radius 1 is 1.50 bits per heavy atom. The Bertz CT molecular complexity index is 227. The number of hydrogen-bond acceptors (Lipinski definition) is 2. The van der Waals surface area contributed by atoms with Crippen LogP contribution in [0, 0.1) is 5.82 Å². The highest BCUT2D eigenvalue weighted by molar-refractivity contribution is 6.24. The molecule has 0 heterocycles. The van der Waals surface area contributed by atoms with Crippen LogP contribution in [0.25, 0.3) is 0 Å². The monoisotopic (exact) mass is 160 g/mol. The lowest BCUT2D eigenvalue weighted by Gasteiger charge is -2.06. The maximum atomic E-state index is 12.4. The van der Waals surface area contributed by atoms with Crippen LogP contribution in [0.2, 0.25) is 0 Å². The predicted molar refractivity (Wildman–Crippen MR) is 38.9 cm³/mol. The Hall–Kier alpha value is -0.800. The van der Waals surface area contributed by atoms with Crippen LogP contribution in [0.4, 0.5) is 10.1 Å². The van der Waals surface area contributed by atoms with E-state index >= 15 is 0 Å². The highest BCUT2D eigenvalue weighted by atomic mass is 35.5. The summed E-state index contributed by atoms with van der Waals surface area (Å²) in [4.78, 5) is 0. The molecule has 0 aromatic heterocycles. The lowest BCUT2D eigenvalue weighted by Crippen LogP contribution is -2.18. The fourth-order valence-electron chi connectivity index (χ4n) is 0.609. The van der Waals surface area contributed by atoms with Gasteiger partial charge < -0.3 is 0 Å². The van der Waals surface area contributed by atoms with Gasteiger partial charge in [0.25, 0.3) is 0 Å². The summed E-state index contributed by atoms with van der Waals surface area (Å²) in [5.41, 5.74) is 0.432. The van der Waals surface area contributed by atoms with Crippen LogP contribution in [-0.2, 0) is 0 Å². The average Bonchev–Trinajstić information content (AvgIpc) is 1.88. The molecule has 0 saturated heterocycles. The number of hydrogen-bond donors (Lipinski definition) is 1. The SMILES string of the molecule is NN(Cl)c1cccc(F)c1. The summed E-state index contributed by atoms with van der Waals surface area (Å²) in [5, 5.41) is 0. The summed E-state index contributed by atoms with van der Waals surface area (Å²) in [6.45, 7) is 0. The zero-order chi connectivity index (χ0) is 7.56. The van der Waals surface area contributed by atoms with Crippen LogP contribution < -0.4 is 10.4 Å². The molecule has 0 aliphatic carbocycles. The van der Waals surface area contributed by atoms with E-state index in [4.69, 9.17) is 17.6 Å². The van der Waals surface area contributed by atoms with Crippen molar-refractivity contribution in [2.45, 2.75) is 0 Å². The number of nitrogens with two attached hydrogens (primary N) is 1. The summed E-state index contributed by atoms with van der Waals surface area (Å²) in [5.74, 6) is 4.76. The molecule has 0 spiro atoms. The quantitative estimate of drug-likeness (QED) is 0.385. The molecule has 0 fully saturated rings. The lowest BCUT2D eigenvalue weighted by atomic mass is 10.3. The molecule has 0 aliphatic heterocycles. The molecular formula is C6H6ClFN2.